The highest BCUT2D eigenvalue weighted by atomic mass is 16.5. The number of ketones is 1. The van der Waals surface area contributed by atoms with Gasteiger partial charge in [0.15, 0.2) is 5.78 Å². The molecular weight excluding hydrogens is 244 g/mol. The molecule has 1 aromatic carbocycles. The molecule has 0 saturated heterocycles. The third kappa shape index (κ3) is 3.31. The summed E-state index contributed by atoms with van der Waals surface area (Å²) >= 11 is 0. The minimum absolute atomic E-state index is 0.00433. The van der Waals surface area contributed by atoms with E-state index in [2.05, 4.69) is 0 Å². The fraction of sp³-hybridized carbons (Fsp3) is 0.200. The highest BCUT2D eigenvalue weighted by Gasteiger charge is 2.20. The Morgan fingerprint density at radius 1 is 1.16 bits per heavy atom. The zero-order chi connectivity index (χ0) is 14.4. The van der Waals surface area contributed by atoms with Crippen LogP contribution in [0.3, 0.4) is 0 Å². The van der Waals surface area contributed by atoms with E-state index in [1.807, 2.05) is 0 Å². The number of hydrogen-bond acceptors (Lipinski definition) is 3. The third-order valence-corrected chi connectivity index (χ3v) is 2.67. The zero-order valence-corrected chi connectivity index (χ0v) is 11.1. The van der Waals surface area contributed by atoms with E-state index in [0.717, 1.165) is 0 Å². The summed E-state index contributed by atoms with van der Waals surface area (Å²) in [4.78, 5) is 23.4. The summed E-state index contributed by atoms with van der Waals surface area (Å²) in [5.41, 5.74) is 0.562. The van der Waals surface area contributed by atoms with Crippen molar-refractivity contribution in [1.29, 1.82) is 0 Å². The molecule has 0 aliphatic heterocycles. The fourth-order valence-corrected chi connectivity index (χ4v) is 1.72. The maximum absolute atomic E-state index is 12.3. The quantitative estimate of drug-likeness (QED) is 0.502. The van der Waals surface area contributed by atoms with Crippen molar-refractivity contribution in [3.63, 3.8) is 0 Å². The molecule has 0 aliphatic rings. The van der Waals surface area contributed by atoms with Crippen molar-refractivity contribution in [2.75, 3.05) is 7.11 Å². The second kappa shape index (κ2) is 6.54. The first-order chi connectivity index (χ1) is 9.04. The summed E-state index contributed by atoms with van der Waals surface area (Å²) in [5.74, 6) is -0.901. The van der Waals surface area contributed by atoms with Gasteiger partial charge in [-0.1, -0.05) is 24.3 Å². The number of carboxylic acids is 1. The van der Waals surface area contributed by atoms with Crippen LogP contribution in [-0.2, 0) is 4.79 Å². The molecule has 0 aliphatic carbocycles. The first-order valence-corrected chi connectivity index (χ1v) is 5.80. The SMILES string of the molecule is C/C=C(C(=O)O)\C(=C/C)C(=O)c1cccc(OC)c1. The van der Waals surface area contributed by atoms with Gasteiger partial charge in [0, 0.05) is 11.1 Å². The van der Waals surface area contributed by atoms with Gasteiger partial charge in [0.05, 0.1) is 12.7 Å². The Labute approximate surface area is 112 Å². The molecule has 0 atom stereocenters. The average Bonchev–Trinajstić information content (AvgIpc) is 2.43. The lowest BCUT2D eigenvalue weighted by atomic mass is 9.96. The van der Waals surface area contributed by atoms with Crippen molar-refractivity contribution in [2.24, 2.45) is 0 Å². The molecule has 100 valence electrons. The maximum Gasteiger partial charge on any atom is 0.336 e. The van der Waals surface area contributed by atoms with Crippen LogP contribution in [0.1, 0.15) is 24.2 Å². The van der Waals surface area contributed by atoms with Gasteiger partial charge in [-0.3, -0.25) is 4.79 Å². The summed E-state index contributed by atoms with van der Waals surface area (Å²) in [6.07, 6.45) is 2.92. The Bertz CT molecular complexity index is 553. The molecule has 4 nitrogen and oxygen atoms in total. The average molecular weight is 260 g/mol. The molecule has 0 radical (unpaired) electrons. The van der Waals surface area contributed by atoms with Crippen LogP contribution in [-0.4, -0.2) is 24.0 Å². The molecule has 1 N–H and O–H groups in total. The maximum atomic E-state index is 12.3. The molecule has 0 amide bonds. The van der Waals surface area contributed by atoms with E-state index in [9.17, 15) is 9.59 Å². The number of carboxylic acid groups (broad SMARTS) is 1. The minimum atomic E-state index is -1.12. The van der Waals surface area contributed by atoms with Crippen LogP contribution in [0.25, 0.3) is 0 Å². The van der Waals surface area contributed by atoms with Gasteiger partial charge in [-0.2, -0.15) is 0 Å². The van der Waals surface area contributed by atoms with Gasteiger partial charge < -0.3 is 9.84 Å². The summed E-state index contributed by atoms with van der Waals surface area (Å²) in [7, 11) is 1.51. The van der Waals surface area contributed by atoms with Crippen LogP contribution in [0.5, 0.6) is 5.75 Å². The van der Waals surface area contributed by atoms with E-state index >= 15 is 0 Å². The lowest BCUT2D eigenvalue weighted by Gasteiger charge is -2.08. The van der Waals surface area contributed by atoms with Crippen LogP contribution in [0.15, 0.2) is 47.6 Å². The molecule has 4 heteroatoms. The summed E-state index contributed by atoms with van der Waals surface area (Å²) < 4.78 is 5.05. The predicted molar refractivity (Wildman–Crippen MR) is 72.5 cm³/mol. The first-order valence-electron chi connectivity index (χ1n) is 5.80. The van der Waals surface area contributed by atoms with Crippen molar-refractivity contribution in [2.45, 2.75) is 13.8 Å². The monoisotopic (exact) mass is 260 g/mol. The normalized spacial score (nSPS) is 12.2. The second-order valence-electron chi connectivity index (χ2n) is 3.77. The van der Waals surface area contributed by atoms with Crippen molar-refractivity contribution in [1.82, 2.24) is 0 Å². The lowest BCUT2D eigenvalue weighted by molar-refractivity contribution is -0.132. The topological polar surface area (TPSA) is 63.6 Å². The van der Waals surface area contributed by atoms with Crippen molar-refractivity contribution >= 4 is 11.8 Å². The molecule has 0 unspecified atom stereocenters. The predicted octanol–water partition coefficient (Wildman–Crippen LogP) is 2.86. The number of allylic oxidation sites excluding steroid dienone is 2. The van der Waals surface area contributed by atoms with Crippen LogP contribution in [0.2, 0.25) is 0 Å². The van der Waals surface area contributed by atoms with Crippen molar-refractivity contribution in [3.8, 4) is 5.75 Å². The van der Waals surface area contributed by atoms with E-state index in [-0.39, 0.29) is 16.9 Å². The number of aliphatic carboxylic acids is 1. The highest BCUT2D eigenvalue weighted by molar-refractivity contribution is 6.17. The lowest BCUT2D eigenvalue weighted by Crippen LogP contribution is -2.12. The van der Waals surface area contributed by atoms with Crippen LogP contribution in [0, 0.1) is 0 Å². The standard InChI is InChI=1S/C15H16O4/c1-4-12(13(5-2)15(17)18)14(16)10-7-6-8-11(9-10)19-3/h4-9H,1-3H3,(H,17,18)/b12-4+,13-5+. The Morgan fingerprint density at radius 3 is 2.26 bits per heavy atom. The Morgan fingerprint density at radius 2 is 1.79 bits per heavy atom. The summed E-state index contributed by atoms with van der Waals surface area (Å²) in [6.45, 7) is 3.23. The molecular formula is C15H16O4. The smallest absolute Gasteiger partial charge is 0.336 e. The van der Waals surface area contributed by atoms with Crippen LogP contribution >= 0.6 is 0 Å². The number of rotatable bonds is 5. The molecule has 1 rings (SSSR count). The zero-order valence-electron chi connectivity index (χ0n) is 11.1. The summed E-state index contributed by atoms with van der Waals surface area (Å²) in [6, 6.07) is 6.62. The number of carbonyl (C=O) groups excluding carboxylic acids is 1. The minimum Gasteiger partial charge on any atom is -0.497 e. The fourth-order valence-electron chi connectivity index (χ4n) is 1.72. The van der Waals surface area contributed by atoms with Crippen LogP contribution in [0.4, 0.5) is 0 Å². The Hall–Kier alpha value is -2.36. The van der Waals surface area contributed by atoms with Gasteiger partial charge in [0.2, 0.25) is 0 Å². The van der Waals surface area contributed by atoms with E-state index in [1.54, 1.807) is 38.1 Å². The van der Waals surface area contributed by atoms with Gasteiger partial charge in [0.25, 0.3) is 0 Å². The number of ether oxygens (including phenoxy) is 1. The number of methoxy groups -OCH3 is 1. The molecule has 19 heavy (non-hydrogen) atoms. The number of hydrogen-bond donors (Lipinski definition) is 1. The Kier molecular flexibility index (Phi) is 5.06. The molecule has 1 aromatic rings. The number of carbonyl (C=O) groups is 2. The largest absolute Gasteiger partial charge is 0.497 e. The van der Waals surface area contributed by atoms with E-state index in [0.29, 0.717) is 11.3 Å². The molecule has 0 fully saturated rings. The van der Waals surface area contributed by atoms with Crippen LogP contribution < -0.4 is 4.74 Å². The first kappa shape index (κ1) is 14.7. The van der Waals surface area contributed by atoms with Crippen molar-refractivity contribution < 1.29 is 19.4 Å². The van der Waals surface area contributed by atoms with Gasteiger partial charge in [-0.25, -0.2) is 4.79 Å². The molecule has 0 saturated carbocycles. The Balaban J connectivity index is 3.20. The van der Waals surface area contributed by atoms with Gasteiger partial charge in [-0.15, -0.1) is 0 Å². The molecule has 0 spiro atoms. The molecule has 0 aromatic heterocycles. The molecule has 0 bridgehead atoms. The number of benzene rings is 1. The highest BCUT2D eigenvalue weighted by Crippen LogP contribution is 2.20. The van der Waals surface area contributed by atoms with E-state index in [4.69, 9.17) is 9.84 Å². The van der Waals surface area contributed by atoms with Gasteiger partial charge in [-0.05, 0) is 26.0 Å². The van der Waals surface area contributed by atoms with Gasteiger partial charge >= 0.3 is 5.97 Å². The van der Waals surface area contributed by atoms with Gasteiger partial charge in [0.1, 0.15) is 5.75 Å². The third-order valence-electron chi connectivity index (χ3n) is 2.67. The number of Topliss-reactive ketones (excluding diaryl/α,β-unsaturated/α-hetero) is 1. The van der Waals surface area contributed by atoms with E-state index < -0.39 is 5.97 Å². The van der Waals surface area contributed by atoms with Crippen molar-refractivity contribution in [3.05, 3.63) is 53.1 Å². The molecule has 0 heterocycles. The summed E-state index contributed by atoms with van der Waals surface area (Å²) in [5, 5.41) is 9.09. The second-order valence-corrected chi connectivity index (χ2v) is 3.77. The van der Waals surface area contributed by atoms with E-state index in [1.165, 1.54) is 19.3 Å².